The molecule has 1 aromatic heterocycles. The third-order valence-corrected chi connectivity index (χ3v) is 5.72. The van der Waals surface area contributed by atoms with Crippen molar-refractivity contribution < 1.29 is 0 Å². The molecule has 1 saturated heterocycles. The lowest BCUT2D eigenvalue weighted by atomic mass is 10.1. The Morgan fingerprint density at radius 1 is 1.00 bits per heavy atom. The molecule has 1 aliphatic rings. The molecule has 156 valence electrons. The molecule has 0 saturated carbocycles. The summed E-state index contributed by atoms with van der Waals surface area (Å²) in [5.41, 5.74) is 3.67. The zero-order valence-corrected chi connectivity index (χ0v) is 17.8. The summed E-state index contributed by atoms with van der Waals surface area (Å²) in [5.74, 6) is 0.701. The molecule has 5 heteroatoms. The Balaban J connectivity index is 1.81. The highest BCUT2D eigenvalue weighted by Gasteiger charge is 2.20. The smallest absolute Gasteiger partial charge is 0.262 e. The molecule has 0 radical (unpaired) electrons. The Morgan fingerprint density at radius 3 is 2.45 bits per heavy atom. The molecule has 0 bridgehead atoms. The van der Waals surface area contributed by atoms with Crippen molar-refractivity contribution in [1.82, 2.24) is 9.55 Å². The van der Waals surface area contributed by atoms with Crippen molar-refractivity contribution in [2.24, 2.45) is 0 Å². The maximum Gasteiger partial charge on any atom is 0.262 e. The van der Waals surface area contributed by atoms with Crippen LogP contribution < -0.4 is 10.5 Å². The van der Waals surface area contributed by atoms with Crippen molar-refractivity contribution in [2.45, 2.75) is 32.7 Å². The summed E-state index contributed by atoms with van der Waals surface area (Å²) in [7, 11) is 0. The second-order valence-electron chi connectivity index (χ2n) is 7.86. The van der Waals surface area contributed by atoms with Gasteiger partial charge in [-0.1, -0.05) is 54.6 Å². The lowest BCUT2D eigenvalue weighted by Crippen LogP contribution is -2.37. The molecule has 0 aliphatic carbocycles. The molecule has 4 rings (SSSR count). The highest BCUT2D eigenvalue weighted by atomic mass is 16.1. The Bertz CT molecular complexity index is 1180. The molecule has 0 N–H and O–H groups in total. The number of piperidine rings is 1. The van der Waals surface area contributed by atoms with Gasteiger partial charge in [0, 0.05) is 13.1 Å². The van der Waals surface area contributed by atoms with E-state index in [1.54, 1.807) is 10.6 Å². The molecule has 0 spiro atoms. The predicted octanol–water partition coefficient (Wildman–Crippen LogP) is 4.63. The van der Waals surface area contributed by atoms with Crippen molar-refractivity contribution in [3.8, 4) is 6.07 Å². The maximum absolute atomic E-state index is 13.6. The van der Waals surface area contributed by atoms with E-state index in [4.69, 9.17) is 4.98 Å². The van der Waals surface area contributed by atoms with Gasteiger partial charge >= 0.3 is 0 Å². The van der Waals surface area contributed by atoms with E-state index in [-0.39, 0.29) is 5.56 Å². The Hall–Kier alpha value is -3.65. The highest BCUT2D eigenvalue weighted by Crippen LogP contribution is 2.21. The number of nitriles is 1. The number of benzene rings is 2. The van der Waals surface area contributed by atoms with Gasteiger partial charge in [0.2, 0.25) is 5.95 Å². The number of anilines is 1. The molecule has 3 aromatic rings. The summed E-state index contributed by atoms with van der Waals surface area (Å²) in [6.07, 6.45) is 7.19. The van der Waals surface area contributed by atoms with Crippen molar-refractivity contribution in [3.05, 3.63) is 92.9 Å². The van der Waals surface area contributed by atoms with E-state index in [2.05, 4.69) is 11.0 Å². The zero-order chi connectivity index (χ0) is 21.6. The first-order valence-electron chi connectivity index (χ1n) is 10.7. The fourth-order valence-corrected chi connectivity index (χ4v) is 4.01. The van der Waals surface area contributed by atoms with Crippen LogP contribution in [0.25, 0.3) is 12.2 Å². The molecule has 0 unspecified atom stereocenters. The van der Waals surface area contributed by atoms with Gasteiger partial charge in [-0.15, -0.1) is 0 Å². The second kappa shape index (κ2) is 9.44. The van der Waals surface area contributed by atoms with Crippen LogP contribution in [0.3, 0.4) is 0 Å². The van der Waals surface area contributed by atoms with Gasteiger partial charge in [0.15, 0.2) is 0 Å². The van der Waals surface area contributed by atoms with Crippen LogP contribution in [0, 0.1) is 18.3 Å². The summed E-state index contributed by atoms with van der Waals surface area (Å²) in [6, 6.07) is 19.6. The molecule has 2 heterocycles. The van der Waals surface area contributed by atoms with Gasteiger partial charge in [0.05, 0.1) is 29.4 Å². The lowest BCUT2D eigenvalue weighted by Gasteiger charge is -2.30. The molecular formula is C26H26N4O. The van der Waals surface area contributed by atoms with Crippen LogP contribution in [0.15, 0.2) is 59.4 Å². The Morgan fingerprint density at radius 2 is 1.71 bits per heavy atom. The molecule has 5 nitrogen and oxygen atoms in total. The summed E-state index contributed by atoms with van der Waals surface area (Å²) in [5, 5.41) is 9.52. The highest BCUT2D eigenvalue weighted by molar-refractivity contribution is 5.70. The number of rotatable bonds is 5. The van der Waals surface area contributed by atoms with Crippen LogP contribution in [-0.2, 0) is 6.54 Å². The third kappa shape index (κ3) is 4.59. The first-order chi connectivity index (χ1) is 15.2. The predicted molar refractivity (Wildman–Crippen MR) is 125 cm³/mol. The fourth-order valence-electron chi connectivity index (χ4n) is 4.01. The van der Waals surface area contributed by atoms with Crippen LogP contribution in [0.1, 0.15) is 47.2 Å². The minimum Gasteiger partial charge on any atom is -0.342 e. The summed E-state index contributed by atoms with van der Waals surface area (Å²) < 4.78 is 1.74. The van der Waals surface area contributed by atoms with Crippen LogP contribution in [0.2, 0.25) is 0 Å². The molecule has 1 fully saturated rings. The number of aromatic nitrogens is 2. The Labute approximate surface area is 182 Å². The van der Waals surface area contributed by atoms with Gasteiger partial charge in [-0.3, -0.25) is 9.36 Å². The van der Waals surface area contributed by atoms with E-state index in [1.807, 2.05) is 67.6 Å². The minimum absolute atomic E-state index is 0.0759. The first kappa shape index (κ1) is 20.6. The van der Waals surface area contributed by atoms with Gasteiger partial charge in [-0.2, -0.15) is 5.26 Å². The molecular weight excluding hydrogens is 384 g/mol. The summed E-state index contributed by atoms with van der Waals surface area (Å²) in [4.78, 5) is 20.7. The van der Waals surface area contributed by atoms with Crippen LogP contribution >= 0.6 is 0 Å². The molecule has 1 aliphatic heterocycles. The van der Waals surface area contributed by atoms with Gasteiger partial charge in [0.1, 0.15) is 0 Å². The maximum atomic E-state index is 13.6. The van der Waals surface area contributed by atoms with E-state index in [1.165, 1.54) is 6.42 Å². The monoisotopic (exact) mass is 410 g/mol. The van der Waals surface area contributed by atoms with Crippen molar-refractivity contribution in [3.63, 3.8) is 0 Å². The van der Waals surface area contributed by atoms with E-state index in [0.717, 1.165) is 42.8 Å². The Kier molecular flexibility index (Phi) is 6.28. The average molecular weight is 411 g/mol. The summed E-state index contributed by atoms with van der Waals surface area (Å²) >= 11 is 0. The van der Waals surface area contributed by atoms with Gasteiger partial charge in [-0.25, -0.2) is 4.98 Å². The van der Waals surface area contributed by atoms with Gasteiger partial charge < -0.3 is 4.90 Å². The number of nitrogens with zero attached hydrogens (tertiary/aromatic N) is 4. The van der Waals surface area contributed by atoms with Crippen molar-refractivity contribution in [2.75, 3.05) is 18.0 Å². The number of hydrogen-bond acceptors (Lipinski definition) is 4. The topological polar surface area (TPSA) is 61.9 Å². The van der Waals surface area contributed by atoms with Crippen molar-refractivity contribution >= 4 is 18.1 Å². The zero-order valence-electron chi connectivity index (χ0n) is 17.8. The standard InChI is InChI=1S/C26H26N4O/c1-20-24(15-14-21-10-4-2-5-11-21)25(31)30(19-23-13-7-6-12-22(23)18-27)26(28-20)29-16-8-3-9-17-29/h2,4-7,10-15H,3,8-9,16-17,19H2,1H3/b15-14+. The van der Waals surface area contributed by atoms with Gasteiger partial charge in [0.25, 0.3) is 5.56 Å². The van der Waals surface area contributed by atoms with Crippen molar-refractivity contribution in [1.29, 1.82) is 5.26 Å². The molecule has 0 atom stereocenters. The van der Waals surface area contributed by atoms with E-state index < -0.39 is 0 Å². The minimum atomic E-state index is -0.0759. The largest absolute Gasteiger partial charge is 0.342 e. The molecule has 31 heavy (non-hydrogen) atoms. The first-order valence-corrected chi connectivity index (χ1v) is 10.7. The molecule has 0 amide bonds. The van der Waals surface area contributed by atoms with E-state index in [9.17, 15) is 10.1 Å². The van der Waals surface area contributed by atoms with Crippen LogP contribution in [0.5, 0.6) is 0 Å². The quantitative estimate of drug-likeness (QED) is 0.615. The second-order valence-corrected chi connectivity index (χ2v) is 7.86. The fraction of sp³-hybridized carbons (Fsp3) is 0.269. The lowest BCUT2D eigenvalue weighted by molar-refractivity contribution is 0.550. The molecule has 2 aromatic carbocycles. The third-order valence-electron chi connectivity index (χ3n) is 5.72. The van der Waals surface area contributed by atoms with Crippen LogP contribution in [-0.4, -0.2) is 22.6 Å². The number of aryl methyl sites for hydroxylation is 1. The average Bonchev–Trinajstić information content (AvgIpc) is 2.82. The SMILES string of the molecule is Cc1nc(N2CCCCC2)n(Cc2ccccc2C#N)c(=O)c1/C=C/c1ccccc1. The van der Waals surface area contributed by atoms with E-state index in [0.29, 0.717) is 23.6 Å². The summed E-state index contributed by atoms with van der Waals surface area (Å²) in [6.45, 7) is 4.01. The van der Waals surface area contributed by atoms with E-state index >= 15 is 0 Å². The van der Waals surface area contributed by atoms with Crippen LogP contribution in [0.4, 0.5) is 5.95 Å². The van der Waals surface area contributed by atoms with Gasteiger partial charge in [-0.05, 0) is 49.5 Å². The normalized spacial score (nSPS) is 14.0. The number of hydrogen-bond donors (Lipinski definition) is 0.